The van der Waals surface area contributed by atoms with Crippen molar-refractivity contribution in [1.29, 1.82) is 0 Å². The molecule has 0 spiro atoms. The standard InChI is InChI=1S/C24H34N6O/c1-17(2)20-16-26-30-22(25-15-18-8-6-7-9-21(18)28(3)4)14-23(27-24(20)30)31-19-10-12-29(5)13-11-19/h6-9,14,16-17,19,25H,10-13,15H2,1-5H3. The van der Waals surface area contributed by atoms with Crippen molar-refractivity contribution >= 4 is 17.2 Å². The lowest BCUT2D eigenvalue weighted by molar-refractivity contribution is 0.110. The van der Waals surface area contributed by atoms with E-state index in [2.05, 4.69) is 79.5 Å². The maximum Gasteiger partial charge on any atom is 0.219 e. The summed E-state index contributed by atoms with van der Waals surface area (Å²) in [5, 5.41) is 8.21. The third-order valence-corrected chi connectivity index (χ3v) is 5.98. The zero-order chi connectivity index (χ0) is 22.0. The summed E-state index contributed by atoms with van der Waals surface area (Å²) < 4.78 is 8.24. The van der Waals surface area contributed by atoms with Gasteiger partial charge in [0, 0.05) is 51.0 Å². The van der Waals surface area contributed by atoms with Gasteiger partial charge >= 0.3 is 0 Å². The Hall–Kier alpha value is -2.80. The number of rotatable bonds is 7. The maximum absolute atomic E-state index is 6.34. The lowest BCUT2D eigenvalue weighted by atomic mass is 10.1. The van der Waals surface area contributed by atoms with Crippen LogP contribution in [-0.4, -0.2) is 59.8 Å². The number of likely N-dealkylation sites (tertiary alicyclic amines) is 1. The van der Waals surface area contributed by atoms with Gasteiger partial charge in [0.2, 0.25) is 5.88 Å². The van der Waals surface area contributed by atoms with Crippen LogP contribution in [0.2, 0.25) is 0 Å². The summed E-state index contributed by atoms with van der Waals surface area (Å²) in [5.74, 6) is 1.91. The Labute approximate surface area is 185 Å². The highest BCUT2D eigenvalue weighted by Crippen LogP contribution is 2.27. The highest BCUT2D eigenvalue weighted by Gasteiger charge is 2.21. The highest BCUT2D eigenvalue weighted by atomic mass is 16.5. The fraction of sp³-hybridized carbons (Fsp3) is 0.500. The van der Waals surface area contributed by atoms with Gasteiger partial charge in [-0.2, -0.15) is 14.6 Å². The molecule has 0 bridgehead atoms. The Morgan fingerprint density at radius 2 is 1.94 bits per heavy atom. The predicted octanol–water partition coefficient (Wildman–Crippen LogP) is 4.00. The van der Waals surface area contributed by atoms with Crippen molar-refractivity contribution in [1.82, 2.24) is 19.5 Å². The van der Waals surface area contributed by atoms with Crippen LogP contribution in [0.5, 0.6) is 5.88 Å². The summed E-state index contributed by atoms with van der Waals surface area (Å²) in [6, 6.07) is 10.4. The molecule has 0 unspecified atom stereocenters. The molecule has 3 heterocycles. The van der Waals surface area contributed by atoms with Crippen molar-refractivity contribution in [2.75, 3.05) is 44.4 Å². The van der Waals surface area contributed by atoms with Crippen LogP contribution in [0.3, 0.4) is 0 Å². The molecule has 0 amide bonds. The van der Waals surface area contributed by atoms with Gasteiger partial charge in [-0.3, -0.25) is 0 Å². The molecule has 2 aromatic heterocycles. The zero-order valence-electron chi connectivity index (χ0n) is 19.3. The van der Waals surface area contributed by atoms with Gasteiger partial charge in [-0.05, 0) is 37.4 Å². The van der Waals surface area contributed by atoms with Crippen molar-refractivity contribution in [2.45, 2.75) is 45.3 Å². The van der Waals surface area contributed by atoms with Crippen LogP contribution < -0.4 is 15.0 Å². The molecule has 1 saturated heterocycles. The summed E-state index contributed by atoms with van der Waals surface area (Å²) in [6.45, 7) is 7.15. The van der Waals surface area contributed by atoms with Gasteiger partial charge in [-0.15, -0.1) is 0 Å². The molecule has 3 aromatic rings. The summed E-state index contributed by atoms with van der Waals surface area (Å²) in [5.41, 5.74) is 4.42. The lowest BCUT2D eigenvalue weighted by Crippen LogP contribution is -2.35. The van der Waals surface area contributed by atoms with Gasteiger partial charge in [-0.25, -0.2) is 0 Å². The summed E-state index contributed by atoms with van der Waals surface area (Å²) >= 11 is 0. The number of piperidine rings is 1. The monoisotopic (exact) mass is 422 g/mol. The van der Waals surface area contributed by atoms with Gasteiger partial charge in [0.25, 0.3) is 0 Å². The molecule has 7 heteroatoms. The quantitative estimate of drug-likeness (QED) is 0.621. The van der Waals surface area contributed by atoms with Gasteiger partial charge in [0.15, 0.2) is 5.65 Å². The van der Waals surface area contributed by atoms with Crippen LogP contribution >= 0.6 is 0 Å². The number of nitrogens with zero attached hydrogens (tertiary/aromatic N) is 5. The molecule has 1 N–H and O–H groups in total. The number of para-hydroxylation sites is 1. The fourth-order valence-electron chi connectivity index (χ4n) is 4.11. The van der Waals surface area contributed by atoms with E-state index in [0.29, 0.717) is 18.3 Å². The van der Waals surface area contributed by atoms with Crippen LogP contribution in [-0.2, 0) is 6.54 Å². The minimum absolute atomic E-state index is 0.207. The molecule has 1 fully saturated rings. The second-order valence-corrected chi connectivity index (χ2v) is 8.97. The number of fused-ring (bicyclic) bond motifs is 1. The average molecular weight is 423 g/mol. The van der Waals surface area contributed by atoms with Crippen molar-refractivity contribution in [2.24, 2.45) is 0 Å². The lowest BCUT2D eigenvalue weighted by Gasteiger charge is -2.29. The molecule has 0 saturated carbocycles. The maximum atomic E-state index is 6.34. The first kappa shape index (κ1) is 21.4. The molecular formula is C24H34N6O. The van der Waals surface area contributed by atoms with Crippen LogP contribution in [0.15, 0.2) is 36.5 Å². The first-order valence-electron chi connectivity index (χ1n) is 11.2. The van der Waals surface area contributed by atoms with Crippen LogP contribution in [0, 0.1) is 0 Å². The molecule has 1 aliphatic rings. The van der Waals surface area contributed by atoms with Crippen LogP contribution in [0.25, 0.3) is 5.65 Å². The molecular weight excluding hydrogens is 388 g/mol. The summed E-state index contributed by atoms with van der Waals surface area (Å²) in [4.78, 5) is 9.33. The predicted molar refractivity (Wildman–Crippen MR) is 126 cm³/mol. The number of ether oxygens (including phenoxy) is 1. The number of aromatic nitrogens is 3. The van der Waals surface area contributed by atoms with E-state index < -0.39 is 0 Å². The highest BCUT2D eigenvalue weighted by molar-refractivity contribution is 5.58. The number of nitrogens with one attached hydrogen (secondary N) is 1. The van der Waals surface area contributed by atoms with E-state index in [4.69, 9.17) is 9.72 Å². The zero-order valence-corrected chi connectivity index (χ0v) is 19.3. The molecule has 1 aromatic carbocycles. The molecule has 31 heavy (non-hydrogen) atoms. The van der Waals surface area contributed by atoms with E-state index in [9.17, 15) is 0 Å². The minimum atomic E-state index is 0.207. The SMILES string of the molecule is CC(C)c1cnn2c(NCc3ccccc3N(C)C)cc(OC3CCN(C)CC3)nc12. The largest absolute Gasteiger partial charge is 0.474 e. The van der Waals surface area contributed by atoms with Crippen LogP contribution in [0.4, 0.5) is 11.5 Å². The smallest absolute Gasteiger partial charge is 0.219 e. The van der Waals surface area contributed by atoms with Gasteiger partial charge in [0.1, 0.15) is 11.9 Å². The molecule has 166 valence electrons. The van der Waals surface area contributed by atoms with E-state index in [1.165, 1.54) is 11.3 Å². The minimum Gasteiger partial charge on any atom is -0.474 e. The van der Waals surface area contributed by atoms with Gasteiger partial charge < -0.3 is 19.9 Å². The van der Waals surface area contributed by atoms with E-state index in [-0.39, 0.29) is 6.10 Å². The molecule has 0 atom stereocenters. The molecule has 1 aliphatic heterocycles. The van der Waals surface area contributed by atoms with E-state index in [1.807, 2.05) is 16.8 Å². The summed E-state index contributed by atoms with van der Waals surface area (Å²) in [6.07, 6.45) is 4.18. The normalized spacial score (nSPS) is 15.5. The Morgan fingerprint density at radius 3 is 2.65 bits per heavy atom. The topological polar surface area (TPSA) is 57.9 Å². The fourth-order valence-corrected chi connectivity index (χ4v) is 4.11. The second-order valence-electron chi connectivity index (χ2n) is 8.97. The Morgan fingerprint density at radius 1 is 1.19 bits per heavy atom. The van der Waals surface area contributed by atoms with Crippen molar-refractivity contribution in [3.8, 4) is 5.88 Å². The van der Waals surface area contributed by atoms with Crippen molar-refractivity contribution in [3.63, 3.8) is 0 Å². The Balaban J connectivity index is 1.63. The van der Waals surface area contributed by atoms with E-state index in [1.54, 1.807) is 0 Å². The molecule has 7 nitrogen and oxygen atoms in total. The molecule has 0 aliphatic carbocycles. The Bertz CT molecular complexity index is 1020. The first-order valence-corrected chi connectivity index (χ1v) is 11.2. The summed E-state index contributed by atoms with van der Waals surface area (Å²) in [7, 11) is 6.30. The van der Waals surface area contributed by atoms with Gasteiger partial charge in [-0.1, -0.05) is 32.0 Å². The van der Waals surface area contributed by atoms with Gasteiger partial charge in [0.05, 0.1) is 6.20 Å². The molecule has 4 rings (SSSR count). The molecule has 0 radical (unpaired) electrons. The Kier molecular flexibility index (Phi) is 6.32. The van der Waals surface area contributed by atoms with Crippen LogP contribution in [0.1, 0.15) is 43.7 Å². The third-order valence-electron chi connectivity index (χ3n) is 5.98. The third kappa shape index (κ3) is 4.77. The van der Waals surface area contributed by atoms with Crippen molar-refractivity contribution in [3.05, 3.63) is 47.7 Å². The van der Waals surface area contributed by atoms with E-state index in [0.717, 1.165) is 43.0 Å². The second kappa shape index (κ2) is 9.14. The number of benzene rings is 1. The van der Waals surface area contributed by atoms with E-state index >= 15 is 0 Å². The first-order chi connectivity index (χ1) is 14.9. The average Bonchev–Trinajstić information content (AvgIpc) is 3.18. The number of anilines is 2. The number of hydrogen-bond donors (Lipinski definition) is 1. The number of hydrogen-bond acceptors (Lipinski definition) is 6. The van der Waals surface area contributed by atoms with Crippen molar-refractivity contribution < 1.29 is 4.74 Å².